The maximum absolute atomic E-state index is 11.2. The van der Waals surface area contributed by atoms with Crippen molar-refractivity contribution in [1.82, 2.24) is 15.0 Å². The molecule has 4 aromatic rings. The average Bonchev–Trinajstić information content (AvgIpc) is 3.22. The van der Waals surface area contributed by atoms with Crippen molar-refractivity contribution in [1.29, 1.82) is 0 Å². The van der Waals surface area contributed by atoms with Crippen molar-refractivity contribution in [3.63, 3.8) is 0 Å². The normalized spacial score (nSPS) is 11.3. The van der Waals surface area contributed by atoms with Gasteiger partial charge in [0.25, 0.3) is 0 Å². The van der Waals surface area contributed by atoms with Crippen LogP contribution in [0.4, 0.5) is 5.82 Å². The monoisotopic (exact) mass is 356 g/mol. The van der Waals surface area contributed by atoms with E-state index in [2.05, 4.69) is 10.2 Å². The summed E-state index contributed by atoms with van der Waals surface area (Å²) in [4.78, 5) is 12.1. The van der Waals surface area contributed by atoms with Crippen LogP contribution in [-0.4, -0.2) is 19.9 Å². The highest BCUT2D eigenvalue weighted by Crippen LogP contribution is 2.39. The van der Waals surface area contributed by atoms with E-state index in [0.717, 1.165) is 16.7 Å². The molecule has 0 aliphatic carbocycles. The van der Waals surface area contributed by atoms with Crippen molar-refractivity contribution in [2.45, 2.75) is 5.54 Å². The van der Waals surface area contributed by atoms with Crippen LogP contribution in [0.25, 0.3) is 0 Å². The molecule has 0 aliphatic rings. The Hall–Kier alpha value is -3.80. The molecule has 6 heteroatoms. The van der Waals surface area contributed by atoms with Gasteiger partial charge in [0, 0.05) is 0 Å². The van der Waals surface area contributed by atoms with E-state index in [1.165, 1.54) is 11.0 Å². The van der Waals surface area contributed by atoms with E-state index < -0.39 is 10.5 Å². The van der Waals surface area contributed by atoms with Gasteiger partial charge < -0.3 is 10.1 Å². The van der Waals surface area contributed by atoms with Crippen LogP contribution in [-0.2, 0) is 5.54 Å². The Morgan fingerprint density at radius 3 is 1.48 bits per heavy atom. The smallest absolute Gasteiger partial charge is 0.358 e. The third-order valence-corrected chi connectivity index (χ3v) is 4.54. The van der Waals surface area contributed by atoms with E-state index in [4.69, 9.17) is 0 Å². The molecule has 0 amide bonds. The third kappa shape index (κ3) is 2.77. The fourth-order valence-corrected chi connectivity index (χ4v) is 3.38. The van der Waals surface area contributed by atoms with Gasteiger partial charge in [-0.25, -0.2) is 0 Å². The predicted molar refractivity (Wildman–Crippen MR) is 101 cm³/mol. The number of hydrogen-bond acceptors (Lipinski definition) is 4. The molecule has 1 aromatic heterocycles. The lowest BCUT2D eigenvalue weighted by atomic mass is 9.77. The van der Waals surface area contributed by atoms with Crippen LogP contribution in [0.15, 0.2) is 97.2 Å². The van der Waals surface area contributed by atoms with Crippen molar-refractivity contribution in [2.24, 2.45) is 0 Å². The SMILES string of the molecule is O=[N+]([O-])c1cnn(C(c2ccccc2)(c2ccccc2)c2ccccc2)n1. The molecule has 0 unspecified atom stereocenters. The first-order chi connectivity index (χ1) is 13.2. The van der Waals surface area contributed by atoms with Gasteiger partial charge in [0.05, 0.1) is 5.10 Å². The molecule has 0 radical (unpaired) electrons. The Morgan fingerprint density at radius 1 is 0.741 bits per heavy atom. The second-order valence-corrected chi connectivity index (χ2v) is 6.06. The van der Waals surface area contributed by atoms with Crippen LogP contribution in [0.1, 0.15) is 16.7 Å². The Labute approximate surface area is 155 Å². The molecular formula is C21H16N4O2. The van der Waals surface area contributed by atoms with E-state index in [1.807, 2.05) is 91.0 Å². The van der Waals surface area contributed by atoms with Gasteiger partial charge in [-0.05, 0) is 21.6 Å². The fourth-order valence-electron chi connectivity index (χ4n) is 3.38. The molecule has 0 saturated carbocycles. The van der Waals surface area contributed by atoms with Gasteiger partial charge in [-0.15, -0.1) is 5.10 Å². The molecule has 1 heterocycles. The van der Waals surface area contributed by atoms with Gasteiger partial charge in [0.2, 0.25) is 0 Å². The lowest BCUT2D eigenvalue weighted by molar-refractivity contribution is -0.389. The summed E-state index contributed by atoms with van der Waals surface area (Å²) >= 11 is 0. The minimum absolute atomic E-state index is 0.290. The number of hydrogen-bond donors (Lipinski definition) is 0. The fraction of sp³-hybridized carbons (Fsp3) is 0.0476. The van der Waals surface area contributed by atoms with Gasteiger partial charge in [-0.2, -0.15) is 0 Å². The molecule has 27 heavy (non-hydrogen) atoms. The highest BCUT2D eigenvalue weighted by Gasteiger charge is 2.43. The largest absolute Gasteiger partial charge is 0.410 e. The molecule has 3 aromatic carbocycles. The molecule has 4 rings (SSSR count). The first-order valence-corrected chi connectivity index (χ1v) is 8.46. The number of rotatable bonds is 5. The molecule has 0 N–H and O–H groups in total. The lowest BCUT2D eigenvalue weighted by Crippen LogP contribution is -2.39. The Morgan fingerprint density at radius 2 is 1.15 bits per heavy atom. The van der Waals surface area contributed by atoms with Gasteiger partial charge in [-0.1, -0.05) is 95.8 Å². The summed E-state index contributed by atoms with van der Waals surface area (Å²) in [6.07, 6.45) is 1.18. The van der Waals surface area contributed by atoms with Gasteiger partial charge in [0.15, 0.2) is 11.7 Å². The molecular weight excluding hydrogens is 340 g/mol. The Kier molecular flexibility index (Phi) is 4.22. The van der Waals surface area contributed by atoms with Crippen LogP contribution in [0.2, 0.25) is 0 Å². The highest BCUT2D eigenvalue weighted by atomic mass is 16.6. The minimum Gasteiger partial charge on any atom is -0.358 e. The zero-order chi connectivity index (χ0) is 18.7. The second kappa shape index (κ2) is 6.84. The summed E-state index contributed by atoms with van der Waals surface area (Å²) in [7, 11) is 0. The van der Waals surface area contributed by atoms with Crippen LogP contribution >= 0.6 is 0 Å². The first-order valence-electron chi connectivity index (χ1n) is 8.46. The van der Waals surface area contributed by atoms with Crippen molar-refractivity contribution >= 4 is 5.82 Å². The quantitative estimate of drug-likeness (QED) is 0.307. The van der Waals surface area contributed by atoms with Crippen molar-refractivity contribution < 1.29 is 4.92 Å². The molecule has 0 fully saturated rings. The predicted octanol–water partition coefficient (Wildman–Crippen LogP) is 4.03. The highest BCUT2D eigenvalue weighted by molar-refractivity contribution is 5.49. The van der Waals surface area contributed by atoms with E-state index in [0.29, 0.717) is 0 Å². The zero-order valence-electron chi connectivity index (χ0n) is 14.3. The van der Waals surface area contributed by atoms with Gasteiger partial charge >= 0.3 is 5.82 Å². The molecule has 0 atom stereocenters. The minimum atomic E-state index is -0.933. The second-order valence-electron chi connectivity index (χ2n) is 6.06. The van der Waals surface area contributed by atoms with E-state index in [-0.39, 0.29) is 5.82 Å². The molecule has 0 saturated heterocycles. The number of aromatic nitrogens is 3. The average molecular weight is 356 g/mol. The molecule has 6 nitrogen and oxygen atoms in total. The number of benzene rings is 3. The summed E-state index contributed by atoms with van der Waals surface area (Å²) in [6, 6.07) is 29.3. The number of nitrogens with zero attached hydrogens (tertiary/aromatic N) is 4. The summed E-state index contributed by atoms with van der Waals surface area (Å²) < 4.78 is 0. The summed E-state index contributed by atoms with van der Waals surface area (Å²) in [6.45, 7) is 0. The van der Waals surface area contributed by atoms with Crippen molar-refractivity contribution in [3.8, 4) is 0 Å². The molecule has 0 bridgehead atoms. The first kappa shape index (κ1) is 16.7. The summed E-state index contributed by atoms with van der Waals surface area (Å²) in [5.41, 5.74) is 1.80. The topological polar surface area (TPSA) is 73.8 Å². The Bertz CT molecular complexity index is 951. The van der Waals surface area contributed by atoms with E-state index in [1.54, 1.807) is 0 Å². The van der Waals surface area contributed by atoms with Gasteiger partial charge in [0.1, 0.15) is 0 Å². The number of nitro groups is 1. The van der Waals surface area contributed by atoms with Crippen LogP contribution in [0.5, 0.6) is 0 Å². The van der Waals surface area contributed by atoms with E-state index >= 15 is 0 Å². The molecule has 132 valence electrons. The maximum Gasteiger partial charge on any atom is 0.410 e. The van der Waals surface area contributed by atoms with Crippen LogP contribution in [0, 0.1) is 10.1 Å². The third-order valence-electron chi connectivity index (χ3n) is 4.54. The summed E-state index contributed by atoms with van der Waals surface area (Å²) in [5, 5.41) is 19.8. The van der Waals surface area contributed by atoms with Crippen molar-refractivity contribution in [3.05, 3.63) is 124 Å². The van der Waals surface area contributed by atoms with Crippen LogP contribution in [0.3, 0.4) is 0 Å². The molecule has 0 aliphatic heterocycles. The lowest BCUT2D eigenvalue weighted by Gasteiger charge is -2.32. The van der Waals surface area contributed by atoms with Crippen molar-refractivity contribution in [2.75, 3.05) is 0 Å². The standard InChI is InChI=1S/C21H16N4O2/c26-24(27)20-16-22-25(23-20)21(17-10-4-1-5-11-17,18-12-6-2-7-13-18)19-14-8-3-9-15-19/h1-16H. The Balaban J connectivity index is 2.10. The van der Waals surface area contributed by atoms with E-state index in [9.17, 15) is 10.1 Å². The summed E-state index contributed by atoms with van der Waals surface area (Å²) in [5.74, 6) is -0.290. The molecule has 0 spiro atoms. The van der Waals surface area contributed by atoms with Crippen LogP contribution < -0.4 is 0 Å². The maximum atomic E-state index is 11.2. The van der Waals surface area contributed by atoms with Gasteiger partial charge in [-0.3, -0.25) is 0 Å². The zero-order valence-corrected chi connectivity index (χ0v) is 14.3.